The minimum Gasteiger partial charge on any atom is -0.508 e. The number of hydrogen-bond donors (Lipinski definition) is 2. The molecule has 27 heavy (non-hydrogen) atoms. The molecule has 1 fully saturated rings. The summed E-state index contributed by atoms with van der Waals surface area (Å²) in [5.74, 6) is -0.0233. The molecule has 3 rings (SSSR count). The van der Waals surface area contributed by atoms with Crippen LogP contribution >= 0.6 is 0 Å². The number of nitro groups is 1. The lowest BCUT2D eigenvalue weighted by atomic mass is 10.1. The van der Waals surface area contributed by atoms with Crippen LogP contribution in [0.2, 0.25) is 0 Å². The quantitative estimate of drug-likeness (QED) is 0.619. The Kier molecular flexibility index (Phi) is 5.56. The van der Waals surface area contributed by atoms with Gasteiger partial charge in [-0.1, -0.05) is 12.1 Å². The Hall–Kier alpha value is -3.13. The number of nitrogens with one attached hydrogen (secondary N) is 1. The predicted molar refractivity (Wildman–Crippen MR) is 103 cm³/mol. The van der Waals surface area contributed by atoms with Gasteiger partial charge in [0.05, 0.1) is 11.5 Å². The number of carbonyl (C=O) groups is 1. The average Bonchev–Trinajstić information content (AvgIpc) is 2.64. The van der Waals surface area contributed by atoms with E-state index in [0.717, 1.165) is 18.8 Å². The normalized spacial score (nSPS) is 14.8. The highest BCUT2D eigenvalue weighted by molar-refractivity contribution is 5.95. The minimum atomic E-state index is -0.487. The number of aryl methyl sites for hydroxylation is 1. The fourth-order valence-electron chi connectivity index (χ4n) is 3.18. The van der Waals surface area contributed by atoms with Gasteiger partial charge in [-0.15, -0.1) is 0 Å². The molecule has 0 radical (unpaired) electrons. The zero-order valence-corrected chi connectivity index (χ0v) is 15.1. The van der Waals surface area contributed by atoms with E-state index in [-0.39, 0.29) is 29.6 Å². The maximum Gasteiger partial charge on any atom is 0.293 e. The van der Waals surface area contributed by atoms with Gasteiger partial charge in [0, 0.05) is 37.9 Å². The summed E-state index contributed by atoms with van der Waals surface area (Å²) in [4.78, 5) is 27.3. The number of rotatable bonds is 5. The molecule has 2 aromatic carbocycles. The number of phenols is 1. The third-order valence-electron chi connectivity index (χ3n) is 4.67. The Balaban J connectivity index is 1.56. The van der Waals surface area contributed by atoms with Gasteiger partial charge >= 0.3 is 0 Å². The van der Waals surface area contributed by atoms with Crippen molar-refractivity contribution in [1.82, 2.24) is 4.90 Å². The van der Waals surface area contributed by atoms with Crippen molar-refractivity contribution in [1.29, 1.82) is 0 Å². The molecule has 142 valence electrons. The van der Waals surface area contributed by atoms with Gasteiger partial charge in [0.25, 0.3) is 5.69 Å². The van der Waals surface area contributed by atoms with E-state index in [4.69, 9.17) is 0 Å². The second-order valence-corrected chi connectivity index (χ2v) is 6.55. The SMILES string of the molecule is Cc1cccc([N+](=O)[O-])c1NC(=O)CN1CCN(c2ccc(O)cc2)CC1. The van der Waals surface area contributed by atoms with Gasteiger partial charge in [-0.05, 0) is 36.8 Å². The number of hydrogen-bond acceptors (Lipinski definition) is 6. The fraction of sp³-hybridized carbons (Fsp3) is 0.316. The summed E-state index contributed by atoms with van der Waals surface area (Å²) in [5.41, 5.74) is 1.86. The molecule has 2 N–H and O–H groups in total. The maximum absolute atomic E-state index is 12.4. The zero-order chi connectivity index (χ0) is 19.4. The summed E-state index contributed by atoms with van der Waals surface area (Å²) >= 11 is 0. The maximum atomic E-state index is 12.4. The molecule has 1 saturated heterocycles. The molecular formula is C19H22N4O4. The topological polar surface area (TPSA) is 99.0 Å². The van der Waals surface area contributed by atoms with E-state index in [1.54, 1.807) is 31.2 Å². The van der Waals surface area contributed by atoms with Gasteiger partial charge in [0.15, 0.2) is 0 Å². The van der Waals surface area contributed by atoms with E-state index >= 15 is 0 Å². The Morgan fingerprint density at radius 3 is 2.44 bits per heavy atom. The van der Waals surface area contributed by atoms with E-state index in [2.05, 4.69) is 10.2 Å². The van der Waals surface area contributed by atoms with Crippen LogP contribution in [0.4, 0.5) is 17.1 Å². The van der Waals surface area contributed by atoms with E-state index in [1.807, 2.05) is 17.0 Å². The first kappa shape index (κ1) is 18.7. The Bertz CT molecular complexity index is 830. The van der Waals surface area contributed by atoms with Crippen LogP contribution in [0.15, 0.2) is 42.5 Å². The van der Waals surface area contributed by atoms with Crippen molar-refractivity contribution in [2.24, 2.45) is 0 Å². The lowest BCUT2D eigenvalue weighted by Gasteiger charge is -2.35. The third kappa shape index (κ3) is 4.53. The number of phenolic OH excluding ortho intramolecular Hbond substituents is 1. The number of piperazine rings is 1. The number of nitrogens with zero attached hydrogens (tertiary/aromatic N) is 3. The van der Waals surface area contributed by atoms with Crippen molar-refractivity contribution < 1.29 is 14.8 Å². The highest BCUT2D eigenvalue weighted by Crippen LogP contribution is 2.27. The van der Waals surface area contributed by atoms with Crippen molar-refractivity contribution in [3.8, 4) is 5.75 Å². The monoisotopic (exact) mass is 370 g/mol. The molecule has 8 heteroatoms. The summed E-state index contributed by atoms with van der Waals surface area (Å²) in [6.45, 7) is 4.88. The smallest absolute Gasteiger partial charge is 0.293 e. The Labute approximate surface area is 157 Å². The number of para-hydroxylation sites is 1. The van der Waals surface area contributed by atoms with Gasteiger partial charge in [-0.3, -0.25) is 19.8 Å². The number of nitro benzene ring substituents is 1. The van der Waals surface area contributed by atoms with Gasteiger partial charge in [0.2, 0.25) is 5.91 Å². The highest BCUT2D eigenvalue weighted by atomic mass is 16.6. The molecule has 1 amide bonds. The largest absolute Gasteiger partial charge is 0.508 e. The van der Waals surface area contributed by atoms with Crippen molar-refractivity contribution in [2.45, 2.75) is 6.92 Å². The second-order valence-electron chi connectivity index (χ2n) is 6.55. The van der Waals surface area contributed by atoms with Crippen molar-refractivity contribution in [3.63, 3.8) is 0 Å². The molecule has 0 atom stereocenters. The summed E-state index contributed by atoms with van der Waals surface area (Å²) in [6.07, 6.45) is 0. The Morgan fingerprint density at radius 2 is 1.81 bits per heavy atom. The number of benzene rings is 2. The Morgan fingerprint density at radius 1 is 1.15 bits per heavy atom. The van der Waals surface area contributed by atoms with Crippen LogP contribution in [0.3, 0.4) is 0 Å². The first-order chi connectivity index (χ1) is 12.9. The van der Waals surface area contributed by atoms with Crippen LogP contribution in [0.1, 0.15) is 5.56 Å². The lowest BCUT2D eigenvalue weighted by Crippen LogP contribution is -2.48. The summed E-state index contributed by atoms with van der Waals surface area (Å²) < 4.78 is 0. The molecular weight excluding hydrogens is 348 g/mol. The van der Waals surface area contributed by atoms with Crippen molar-refractivity contribution in [2.75, 3.05) is 42.9 Å². The molecule has 8 nitrogen and oxygen atoms in total. The van der Waals surface area contributed by atoms with Crippen LogP contribution in [0, 0.1) is 17.0 Å². The number of aromatic hydroxyl groups is 1. The molecule has 0 saturated carbocycles. The standard InChI is InChI=1S/C19H22N4O4/c1-14-3-2-4-17(23(26)27)19(14)20-18(25)13-21-9-11-22(12-10-21)15-5-7-16(24)8-6-15/h2-8,24H,9-13H2,1H3,(H,20,25). The molecule has 0 spiro atoms. The van der Waals surface area contributed by atoms with Gasteiger partial charge in [0.1, 0.15) is 11.4 Å². The molecule has 1 heterocycles. The molecule has 1 aliphatic rings. The summed E-state index contributed by atoms with van der Waals surface area (Å²) in [6, 6.07) is 11.8. The third-order valence-corrected chi connectivity index (χ3v) is 4.67. The van der Waals surface area contributed by atoms with Crippen LogP contribution in [-0.2, 0) is 4.79 Å². The molecule has 0 aromatic heterocycles. The van der Waals surface area contributed by atoms with Gasteiger partial charge in [-0.2, -0.15) is 0 Å². The highest BCUT2D eigenvalue weighted by Gasteiger charge is 2.22. The average molecular weight is 370 g/mol. The van der Waals surface area contributed by atoms with Crippen LogP contribution < -0.4 is 10.2 Å². The van der Waals surface area contributed by atoms with Crippen molar-refractivity contribution in [3.05, 3.63) is 58.1 Å². The van der Waals surface area contributed by atoms with E-state index in [0.29, 0.717) is 18.7 Å². The number of amides is 1. The van der Waals surface area contributed by atoms with Crippen LogP contribution in [-0.4, -0.2) is 53.6 Å². The lowest BCUT2D eigenvalue weighted by molar-refractivity contribution is -0.384. The van der Waals surface area contributed by atoms with E-state index in [1.165, 1.54) is 6.07 Å². The van der Waals surface area contributed by atoms with Crippen molar-refractivity contribution >= 4 is 23.0 Å². The minimum absolute atomic E-state index is 0.0968. The first-order valence-electron chi connectivity index (χ1n) is 8.74. The van der Waals surface area contributed by atoms with Gasteiger partial charge < -0.3 is 15.3 Å². The van der Waals surface area contributed by atoms with Crippen LogP contribution in [0.5, 0.6) is 5.75 Å². The molecule has 0 unspecified atom stereocenters. The summed E-state index contributed by atoms with van der Waals surface area (Å²) in [7, 11) is 0. The summed E-state index contributed by atoms with van der Waals surface area (Å²) in [5, 5.41) is 23.2. The molecule has 0 aliphatic carbocycles. The molecule has 0 bridgehead atoms. The fourth-order valence-corrected chi connectivity index (χ4v) is 3.18. The zero-order valence-electron chi connectivity index (χ0n) is 15.1. The first-order valence-corrected chi connectivity index (χ1v) is 8.74. The van der Waals surface area contributed by atoms with Gasteiger partial charge in [-0.25, -0.2) is 0 Å². The van der Waals surface area contributed by atoms with E-state index < -0.39 is 4.92 Å². The molecule has 2 aromatic rings. The van der Waals surface area contributed by atoms with E-state index in [9.17, 15) is 20.0 Å². The van der Waals surface area contributed by atoms with Crippen LogP contribution in [0.25, 0.3) is 0 Å². The predicted octanol–water partition coefficient (Wildman–Crippen LogP) is 2.37. The second kappa shape index (κ2) is 8.05. The number of carbonyl (C=O) groups excluding carboxylic acids is 1. The number of anilines is 2. The molecule has 1 aliphatic heterocycles.